The summed E-state index contributed by atoms with van der Waals surface area (Å²) in [6.07, 6.45) is -2.46. The van der Waals surface area contributed by atoms with Gasteiger partial charge in [0.2, 0.25) is 0 Å². The van der Waals surface area contributed by atoms with Crippen LogP contribution in [0, 0.1) is 0 Å². The van der Waals surface area contributed by atoms with Crippen molar-refractivity contribution in [3.8, 4) is 0 Å². The Bertz CT molecular complexity index is 490. The molecule has 0 aliphatic rings. The molecule has 0 fully saturated rings. The fourth-order valence-electron chi connectivity index (χ4n) is 0.596. The lowest BCUT2D eigenvalue weighted by Gasteiger charge is -2.20. The van der Waals surface area contributed by atoms with Gasteiger partial charge >= 0.3 is 27.1 Å². The third kappa shape index (κ3) is 6.46. The molecule has 16 heteroatoms. The average molecular weight is 372 g/mol. The van der Waals surface area contributed by atoms with Crippen molar-refractivity contribution < 1.29 is 68.9 Å². The molecule has 0 aromatic heterocycles. The topological polar surface area (TPSA) is 271 Å². The summed E-state index contributed by atoms with van der Waals surface area (Å²) in [5.41, 5.74) is 0. The number of aliphatic hydroxyl groups is 4. The second-order valence-corrected chi connectivity index (χ2v) is 7.14. The van der Waals surface area contributed by atoms with Gasteiger partial charge in [0.1, 0.15) is 0 Å². The van der Waals surface area contributed by atoms with Crippen molar-refractivity contribution in [2.75, 3.05) is 6.61 Å². The number of hydrogen-bond donors (Lipinski definition) is 10. The van der Waals surface area contributed by atoms with E-state index >= 15 is 0 Å². The van der Waals surface area contributed by atoms with Gasteiger partial charge in [0.15, 0.2) is 11.9 Å². The van der Waals surface area contributed by atoms with Crippen molar-refractivity contribution in [2.24, 2.45) is 0 Å². The highest BCUT2D eigenvalue weighted by atomic mass is 31.2. The summed E-state index contributed by atoms with van der Waals surface area (Å²) in [6.45, 7) is -1.54. The van der Waals surface area contributed by atoms with E-state index in [0.29, 0.717) is 0 Å². The summed E-state index contributed by atoms with van der Waals surface area (Å²) in [5, 5.41) is 46.3. The molecule has 0 heterocycles. The highest BCUT2D eigenvalue weighted by Crippen LogP contribution is 2.48. The fraction of sp³-hybridized carbons (Fsp3) is 0.667. The lowest BCUT2D eigenvalue weighted by molar-refractivity contribution is -0.154. The van der Waals surface area contributed by atoms with Gasteiger partial charge in [0, 0.05) is 0 Å². The van der Waals surface area contributed by atoms with Crippen LogP contribution in [0.2, 0.25) is 0 Å². The van der Waals surface area contributed by atoms with Crippen LogP contribution in [0.25, 0.3) is 0 Å². The molecule has 0 aromatic rings. The number of aliphatic carboxylic acids is 2. The van der Waals surface area contributed by atoms with Crippen molar-refractivity contribution >= 4 is 27.1 Å². The number of aliphatic hydroxyl groups excluding tert-OH is 3. The fourth-order valence-corrected chi connectivity index (χ4v) is 1.52. The SMILES string of the molecule is O=C(O)C(O)(CO)P(=O)(O)O.O=C(O)C(O)C(O)P(=O)(O)O. The first kappa shape index (κ1) is 23.3. The molecule has 10 N–H and O–H groups in total. The molecule has 3 atom stereocenters. The van der Waals surface area contributed by atoms with E-state index in [0.717, 1.165) is 0 Å². The van der Waals surface area contributed by atoms with E-state index in [1.807, 2.05) is 0 Å². The molecular weight excluding hydrogens is 358 g/mol. The highest BCUT2D eigenvalue weighted by molar-refractivity contribution is 7.54. The Morgan fingerprint density at radius 2 is 1.36 bits per heavy atom. The van der Waals surface area contributed by atoms with E-state index in [1.165, 1.54) is 0 Å². The summed E-state index contributed by atoms with van der Waals surface area (Å²) in [4.78, 5) is 52.6. The Balaban J connectivity index is 0. The van der Waals surface area contributed by atoms with Crippen LogP contribution in [0.15, 0.2) is 0 Å². The van der Waals surface area contributed by atoms with Gasteiger partial charge < -0.3 is 50.2 Å². The van der Waals surface area contributed by atoms with Gasteiger partial charge in [-0.3, -0.25) is 9.13 Å². The van der Waals surface area contributed by atoms with Crippen LogP contribution in [0.1, 0.15) is 0 Å². The minimum absolute atomic E-state index is 1.54. The lowest BCUT2D eigenvalue weighted by atomic mass is 10.4. The van der Waals surface area contributed by atoms with Gasteiger partial charge in [-0.15, -0.1) is 0 Å². The zero-order valence-electron chi connectivity index (χ0n) is 10.4. The predicted octanol–water partition coefficient (Wildman–Crippen LogP) is -4.14. The van der Waals surface area contributed by atoms with Crippen molar-refractivity contribution in [2.45, 2.75) is 17.3 Å². The monoisotopic (exact) mass is 372 g/mol. The van der Waals surface area contributed by atoms with Gasteiger partial charge in [0.05, 0.1) is 6.61 Å². The lowest BCUT2D eigenvalue weighted by Crippen LogP contribution is -2.41. The minimum atomic E-state index is -5.24. The van der Waals surface area contributed by atoms with Crippen LogP contribution < -0.4 is 0 Å². The molecule has 0 spiro atoms. The van der Waals surface area contributed by atoms with Crippen molar-refractivity contribution in [1.29, 1.82) is 0 Å². The molecule has 0 radical (unpaired) electrons. The van der Waals surface area contributed by atoms with E-state index in [-0.39, 0.29) is 0 Å². The zero-order chi connectivity index (χ0) is 18.5. The standard InChI is InChI=1S/2C3H7O7P/c4-1-3(7,2(5)6)11(8,9)10;4-1(2(5)6)3(7)11(8,9)10/h4,7H,1H2,(H,5,6)(H2,8,9,10);1,3-4,7H,(H,5,6)(H2,8,9,10). The number of hydrogen-bond acceptors (Lipinski definition) is 8. The van der Waals surface area contributed by atoms with Crippen molar-refractivity contribution in [1.82, 2.24) is 0 Å². The van der Waals surface area contributed by atoms with E-state index in [9.17, 15) is 18.7 Å². The van der Waals surface area contributed by atoms with E-state index in [2.05, 4.69) is 0 Å². The zero-order valence-corrected chi connectivity index (χ0v) is 12.2. The van der Waals surface area contributed by atoms with Crippen molar-refractivity contribution in [3.63, 3.8) is 0 Å². The third-order valence-corrected chi connectivity index (χ3v) is 4.19. The average Bonchev–Trinajstić information content (AvgIpc) is 2.33. The predicted molar refractivity (Wildman–Crippen MR) is 63.4 cm³/mol. The molecule has 0 saturated carbocycles. The van der Waals surface area contributed by atoms with E-state index < -0.39 is 51.0 Å². The minimum Gasteiger partial charge on any atom is -0.479 e. The van der Waals surface area contributed by atoms with Gasteiger partial charge in [0.25, 0.3) is 5.34 Å². The molecule has 0 amide bonds. The van der Waals surface area contributed by atoms with Crippen LogP contribution in [-0.2, 0) is 18.7 Å². The molecule has 132 valence electrons. The third-order valence-electron chi connectivity index (χ3n) is 1.92. The number of rotatable bonds is 6. The maximum atomic E-state index is 10.2. The Hall–Kier alpha value is -0.920. The molecule has 22 heavy (non-hydrogen) atoms. The van der Waals surface area contributed by atoms with Crippen molar-refractivity contribution in [3.05, 3.63) is 0 Å². The second-order valence-electron chi connectivity index (χ2n) is 3.61. The Morgan fingerprint density at radius 3 is 1.41 bits per heavy atom. The van der Waals surface area contributed by atoms with Crippen LogP contribution in [0.4, 0.5) is 0 Å². The highest BCUT2D eigenvalue weighted by Gasteiger charge is 2.52. The summed E-state index contributed by atoms with van der Waals surface area (Å²) >= 11 is 0. The maximum Gasteiger partial charge on any atom is 0.370 e. The number of carboxylic acids is 2. The summed E-state index contributed by atoms with van der Waals surface area (Å²) in [5.74, 6) is -6.62. The molecule has 0 aromatic carbocycles. The first-order valence-electron chi connectivity index (χ1n) is 4.78. The summed E-state index contributed by atoms with van der Waals surface area (Å²) < 4.78 is 20.3. The normalized spacial score (nSPS) is 17.5. The van der Waals surface area contributed by atoms with Gasteiger partial charge in [-0.2, -0.15) is 0 Å². The molecule has 0 aliphatic heterocycles. The van der Waals surface area contributed by atoms with Gasteiger partial charge in [-0.25, -0.2) is 9.59 Å². The molecular formula is C6H14O14P2. The molecule has 0 aliphatic carbocycles. The van der Waals surface area contributed by atoms with Crippen LogP contribution in [0.3, 0.4) is 0 Å². The maximum absolute atomic E-state index is 10.2. The second kappa shape index (κ2) is 8.08. The summed E-state index contributed by atoms with van der Waals surface area (Å²) in [6, 6.07) is 0. The van der Waals surface area contributed by atoms with E-state index in [1.54, 1.807) is 0 Å². The smallest absolute Gasteiger partial charge is 0.370 e. The first-order valence-corrected chi connectivity index (χ1v) is 8.08. The first-order chi connectivity index (χ1) is 9.52. The summed E-state index contributed by atoms with van der Waals surface area (Å²) in [7, 11) is -10.2. The molecule has 14 nitrogen and oxygen atoms in total. The van der Waals surface area contributed by atoms with Gasteiger partial charge in [-0.05, 0) is 0 Å². The van der Waals surface area contributed by atoms with Gasteiger partial charge in [-0.1, -0.05) is 0 Å². The van der Waals surface area contributed by atoms with Crippen LogP contribution in [-0.4, -0.2) is 86.0 Å². The van der Waals surface area contributed by atoms with E-state index in [4.69, 9.17) is 50.2 Å². The molecule has 0 saturated heterocycles. The Labute approximate surface area is 121 Å². The largest absolute Gasteiger partial charge is 0.479 e. The van der Waals surface area contributed by atoms with Crippen LogP contribution in [0.5, 0.6) is 0 Å². The Morgan fingerprint density at radius 1 is 1.00 bits per heavy atom. The Kier molecular flexibility index (Phi) is 8.57. The quantitative estimate of drug-likeness (QED) is 0.198. The number of carbonyl (C=O) groups is 2. The van der Waals surface area contributed by atoms with Crippen LogP contribution >= 0.6 is 15.2 Å². The molecule has 3 unspecified atom stereocenters. The molecule has 0 rings (SSSR count). The number of carboxylic acid groups (broad SMARTS) is 2. The molecule has 0 bridgehead atoms.